The number of piperidine rings is 1. The minimum Gasteiger partial charge on any atom is -0.504 e. The molecular formula is C24H31N3O2. The van der Waals surface area contributed by atoms with Gasteiger partial charge in [-0.25, -0.2) is 0 Å². The van der Waals surface area contributed by atoms with Gasteiger partial charge in [-0.15, -0.1) is 0 Å². The van der Waals surface area contributed by atoms with Gasteiger partial charge in [-0.05, 0) is 50.2 Å². The summed E-state index contributed by atoms with van der Waals surface area (Å²) in [4.78, 5) is 4.45. The van der Waals surface area contributed by atoms with Crippen LogP contribution in [0.25, 0.3) is 0 Å². The molecule has 0 aliphatic carbocycles. The number of nitrogens with zero attached hydrogens (tertiary/aromatic N) is 3. The Morgan fingerprint density at radius 3 is 2.52 bits per heavy atom. The molecular weight excluding hydrogens is 362 g/mol. The zero-order valence-electron chi connectivity index (χ0n) is 17.5. The summed E-state index contributed by atoms with van der Waals surface area (Å²) in [5.41, 5.74) is 3.22. The van der Waals surface area contributed by atoms with Crippen LogP contribution in [0.3, 0.4) is 0 Å². The number of benzene rings is 2. The Morgan fingerprint density at radius 2 is 1.86 bits per heavy atom. The third-order valence-electron chi connectivity index (χ3n) is 5.74. The highest BCUT2D eigenvalue weighted by Crippen LogP contribution is 2.39. The van der Waals surface area contributed by atoms with Crippen LogP contribution >= 0.6 is 0 Å². The van der Waals surface area contributed by atoms with Crippen LogP contribution in [0.1, 0.15) is 41.9 Å². The first-order chi connectivity index (χ1) is 14.1. The molecule has 29 heavy (non-hydrogen) atoms. The second-order valence-corrected chi connectivity index (χ2v) is 7.84. The van der Waals surface area contributed by atoms with E-state index in [1.165, 1.54) is 24.8 Å². The van der Waals surface area contributed by atoms with E-state index in [2.05, 4.69) is 29.2 Å². The van der Waals surface area contributed by atoms with E-state index in [1.807, 2.05) is 36.2 Å². The van der Waals surface area contributed by atoms with Gasteiger partial charge < -0.3 is 9.84 Å². The Hall–Kier alpha value is -2.55. The van der Waals surface area contributed by atoms with Gasteiger partial charge in [0.25, 0.3) is 0 Å². The van der Waals surface area contributed by atoms with Crippen molar-refractivity contribution < 1.29 is 9.84 Å². The standard InChI is InChI=1S/C24H31N3O2/c1-26(16-13-25)17-21(19-9-5-3-6-10-19)20-11-12-23(29-2)24(28)22(20)18-27-14-7-4-8-15-27/h3,5-6,9-12,21,28H,4,7-8,14-18H2,1-2H3. The van der Waals surface area contributed by atoms with Gasteiger partial charge in [0.1, 0.15) is 0 Å². The van der Waals surface area contributed by atoms with Gasteiger partial charge >= 0.3 is 0 Å². The van der Waals surface area contributed by atoms with Crippen molar-refractivity contribution in [2.75, 3.05) is 40.3 Å². The zero-order valence-corrected chi connectivity index (χ0v) is 17.5. The summed E-state index contributed by atoms with van der Waals surface area (Å²) in [6.07, 6.45) is 3.68. The first-order valence-corrected chi connectivity index (χ1v) is 10.4. The van der Waals surface area contributed by atoms with E-state index in [-0.39, 0.29) is 11.7 Å². The van der Waals surface area contributed by atoms with Gasteiger partial charge in [0.2, 0.25) is 0 Å². The molecule has 1 aliphatic heterocycles. The Kier molecular flexibility index (Phi) is 7.51. The van der Waals surface area contributed by atoms with Crippen LogP contribution in [0.2, 0.25) is 0 Å². The Morgan fingerprint density at radius 1 is 1.14 bits per heavy atom. The lowest BCUT2D eigenvalue weighted by molar-refractivity contribution is 0.216. The molecule has 1 fully saturated rings. The SMILES string of the molecule is COc1ccc(C(CN(C)CC#N)c2ccccc2)c(CN2CCCCC2)c1O. The van der Waals surface area contributed by atoms with E-state index in [9.17, 15) is 5.11 Å². The minimum atomic E-state index is 0.0612. The van der Waals surface area contributed by atoms with Crippen molar-refractivity contribution in [1.29, 1.82) is 5.26 Å². The van der Waals surface area contributed by atoms with Crippen molar-refractivity contribution in [2.24, 2.45) is 0 Å². The molecule has 1 N–H and O–H groups in total. The number of phenols is 1. The average molecular weight is 394 g/mol. The van der Waals surface area contributed by atoms with E-state index >= 15 is 0 Å². The topological polar surface area (TPSA) is 59.7 Å². The van der Waals surface area contributed by atoms with Crippen LogP contribution in [0.4, 0.5) is 0 Å². The van der Waals surface area contributed by atoms with Gasteiger partial charge in [-0.1, -0.05) is 42.8 Å². The van der Waals surface area contributed by atoms with E-state index in [0.717, 1.165) is 24.2 Å². The summed E-state index contributed by atoms with van der Waals surface area (Å²) in [6.45, 7) is 3.90. The molecule has 0 saturated carbocycles. The Labute approximate surface area is 174 Å². The molecule has 0 aromatic heterocycles. The molecule has 3 rings (SSSR count). The van der Waals surface area contributed by atoms with Gasteiger partial charge in [-0.3, -0.25) is 9.80 Å². The maximum Gasteiger partial charge on any atom is 0.162 e. The van der Waals surface area contributed by atoms with Gasteiger partial charge in [-0.2, -0.15) is 5.26 Å². The zero-order chi connectivity index (χ0) is 20.6. The molecule has 1 aliphatic rings. The minimum absolute atomic E-state index is 0.0612. The molecule has 5 nitrogen and oxygen atoms in total. The number of ether oxygens (including phenoxy) is 1. The lowest BCUT2D eigenvalue weighted by atomic mass is 9.86. The number of hydrogen-bond acceptors (Lipinski definition) is 5. The number of rotatable bonds is 8. The van der Waals surface area contributed by atoms with Crippen LogP contribution in [0, 0.1) is 11.3 Å². The van der Waals surface area contributed by atoms with Crippen molar-refractivity contribution in [3.8, 4) is 17.6 Å². The molecule has 1 atom stereocenters. The van der Waals surface area contributed by atoms with Crippen molar-refractivity contribution in [1.82, 2.24) is 9.80 Å². The number of aromatic hydroxyl groups is 1. The van der Waals surface area contributed by atoms with Crippen LogP contribution in [-0.2, 0) is 6.54 Å². The fourth-order valence-electron chi connectivity index (χ4n) is 4.19. The summed E-state index contributed by atoms with van der Waals surface area (Å²) in [6, 6.07) is 16.5. The number of hydrogen-bond donors (Lipinski definition) is 1. The summed E-state index contributed by atoms with van der Waals surface area (Å²) in [5, 5.41) is 20.1. The highest BCUT2D eigenvalue weighted by molar-refractivity contribution is 5.53. The maximum absolute atomic E-state index is 11.0. The van der Waals surface area contributed by atoms with E-state index < -0.39 is 0 Å². The van der Waals surface area contributed by atoms with E-state index in [0.29, 0.717) is 25.4 Å². The second kappa shape index (κ2) is 10.3. The lowest BCUT2D eigenvalue weighted by Gasteiger charge is -2.30. The number of phenolic OH excluding ortho intramolecular Hbond substituents is 1. The molecule has 0 bridgehead atoms. The molecule has 0 spiro atoms. The smallest absolute Gasteiger partial charge is 0.162 e. The van der Waals surface area contributed by atoms with Crippen molar-refractivity contribution in [3.05, 3.63) is 59.2 Å². The van der Waals surface area contributed by atoms with Gasteiger partial charge in [0.15, 0.2) is 11.5 Å². The Bertz CT molecular complexity index is 826. The van der Waals surface area contributed by atoms with Crippen LogP contribution < -0.4 is 4.74 Å². The lowest BCUT2D eigenvalue weighted by Crippen LogP contribution is -2.31. The van der Waals surface area contributed by atoms with E-state index in [4.69, 9.17) is 10.00 Å². The molecule has 154 valence electrons. The summed E-state index contributed by atoms with van der Waals surface area (Å²) >= 11 is 0. The number of nitriles is 1. The maximum atomic E-state index is 11.0. The first kappa shape index (κ1) is 21.2. The molecule has 1 unspecified atom stereocenters. The van der Waals surface area contributed by atoms with Crippen LogP contribution in [-0.4, -0.2) is 55.2 Å². The predicted octanol–water partition coefficient (Wildman–Crippen LogP) is 3.97. The number of methoxy groups -OCH3 is 1. The van der Waals surface area contributed by atoms with Gasteiger partial charge in [0, 0.05) is 24.6 Å². The first-order valence-electron chi connectivity index (χ1n) is 10.4. The fourth-order valence-corrected chi connectivity index (χ4v) is 4.19. The molecule has 2 aromatic rings. The second-order valence-electron chi connectivity index (χ2n) is 7.84. The third-order valence-corrected chi connectivity index (χ3v) is 5.74. The largest absolute Gasteiger partial charge is 0.504 e. The van der Waals surface area contributed by atoms with Gasteiger partial charge in [0.05, 0.1) is 19.7 Å². The normalized spacial score (nSPS) is 15.8. The Balaban J connectivity index is 2.03. The van der Waals surface area contributed by atoms with Crippen molar-refractivity contribution >= 4 is 0 Å². The average Bonchev–Trinajstić information content (AvgIpc) is 2.75. The summed E-state index contributed by atoms with van der Waals surface area (Å²) < 4.78 is 5.41. The molecule has 0 radical (unpaired) electrons. The van der Waals surface area contributed by atoms with Crippen LogP contribution in [0.15, 0.2) is 42.5 Å². The summed E-state index contributed by atoms with van der Waals surface area (Å²) in [7, 11) is 3.56. The predicted molar refractivity (Wildman–Crippen MR) is 115 cm³/mol. The monoisotopic (exact) mass is 393 g/mol. The quantitative estimate of drug-likeness (QED) is 0.688. The number of likely N-dealkylation sites (N-methyl/N-ethyl adjacent to an activating group) is 1. The number of likely N-dealkylation sites (tertiary alicyclic amines) is 1. The fraction of sp³-hybridized carbons (Fsp3) is 0.458. The molecule has 0 amide bonds. The van der Waals surface area contributed by atoms with Crippen molar-refractivity contribution in [3.63, 3.8) is 0 Å². The molecule has 5 heteroatoms. The molecule has 1 heterocycles. The summed E-state index contributed by atoms with van der Waals surface area (Å²) in [5.74, 6) is 0.809. The van der Waals surface area contributed by atoms with E-state index in [1.54, 1.807) is 7.11 Å². The molecule has 2 aromatic carbocycles. The molecule has 1 saturated heterocycles. The highest BCUT2D eigenvalue weighted by atomic mass is 16.5. The highest BCUT2D eigenvalue weighted by Gasteiger charge is 2.25. The third kappa shape index (κ3) is 5.29. The van der Waals surface area contributed by atoms with Crippen LogP contribution in [0.5, 0.6) is 11.5 Å². The van der Waals surface area contributed by atoms with Crippen molar-refractivity contribution in [2.45, 2.75) is 31.7 Å².